The van der Waals surface area contributed by atoms with E-state index in [1.165, 1.54) is 43.4 Å². The fourth-order valence-electron chi connectivity index (χ4n) is 2.28. The van der Waals surface area contributed by atoms with E-state index in [1.807, 2.05) is 6.92 Å². The molecule has 0 unspecified atom stereocenters. The molecule has 0 spiro atoms. The standard InChI is InChI=1S/C10H24N.C5H10O2/c1-5-8-11(4,9-6-2)10-7-3;1-2-3-4-5(6)7/h5-10H2,1-4H3;2-4H2,1H3,(H,6,7)/q+1;/p-1. The minimum absolute atomic E-state index is 0.205. The second kappa shape index (κ2) is 12.9. The molecule has 0 N–H and O–H groups in total. The van der Waals surface area contributed by atoms with Crippen molar-refractivity contribution in [2.24, 2.45) is 0 Å². The van der Waals surface area contributed by atoms with Gasteiger partial charge in [-0.1, -0.05) is 34.1 Å². The smallest absolute Gasteiger partial charge is 0.0781 e. The number of unbranched alkanes of at least 4 members (excludes halogenated alkanes) is 1. The molecule has 3 heteroatoms. The topological polar surface area (TPSA) is 40.1 Å². The van der Waals surface area contributed by atoms with Crippen LogP contribution in [0.15, 0.2) is 0 Å². The van der Waals surface area contributed by atoms with Crippen molar-refractivity contribution in [1.82, 2.24) is 0 Å². The van der Waals surface area contributed by atoms with Gasteiger partial charge in [-0.05, 0) is 32.1 Å². The van der Waals surface area contributed by atoms with E-state index < -0.39 is 5.97 Å². The Labute approximate surface area is 114 Å². The quantitative estimate of drug-likeness (QED) is 0.597. The zero-order chi connectivity index (χ0) is 14.4. The summed E-state index contributed by atoms with van der Waals surface area (Å²) in [4.78, 5) is 9.65. The van der Waals surface area contributed by atoms with Gasteiger partial charge in [-0.3, -0.25) is 0 Å². The van der Waals surface area contributed by atoms with Crippen molar-refractivity contribution in [3.63, 3.8) is 0 Å². The molecule has 0 aromatic rings. The van der Waals surface area contributed by atoms with Gasteiger partial charge in [0.2, 0.25) is 0 Å². The number of carbonyl (C=O) groups excluding carboxylic acids is 1. The molecule has 0 aliphatic carbocycles. The minimum atomic E-state index is -0.943. The zero-order valence-electron chi connectivity index (χ0n) is 13.1. The molecule has 3 nitrogen and oxygen atoms in total. The molecular formula is C15H33NO2. The highest BCUT2D eigenvalue weighted by molar-refractivity contribution is 5.63. The van der Waals surface area contributed by atoms with Crippen LogP contribution in [0.2, 0.25) is 0 Å². The predicted molar refractivity (Wildman–Crippen MR) is 76.2 cm³/mol. The Hall–Kier alpha value is -0.570. The van der Waals surface area contributed by atoms with Crippen LogP contribution in [0.25, 0.3) is 0 Å². The lowest BCUT2D eigenvalue weighted by molar-refractivity contribution is -0.909. The lowest BCUT2D eigenvalue weighted by Crippen LogP contribution is -2.45. The van der Waals surface area contributed by atoms with Gasteiger partial charge in [0.15, 0.2) is 0 Å². The second-order valence-corrected chi connectivity index (χ2v) is 5.27. The molecule has 0 saturated heterocycles. The molecule has 0 heterocycles. The van der Waals surface area contributed by atoms with Gasteiger partial charge < -0.3 is 14.4 Å². The van der Waals surface area contributed by atoms with Gasteiger partial charge in [-0.2, -0.15) is 0 Å². The van der Waals surface area contributed by atoms with Crippen molar-refractivity contribution in [3.05, 3.63) is 0 Å². The maximum atomic E-state index is 9.65. The summed E-state index contributed by atoms with van der Waals surface area (Å²) in [5.41, 5.74) is 0. The third-order valence-corrected chi connectivity index (χ3v) is 3.02. The summed E-state index contributed by atoms with van der Waals surface area (Å²) in [6.07, 6.45) is 5.82. The van der Waals surface area contributed by atoms with Crippen molar-refractivity contribution < 1.29 is 14.4 Å². The number of quaternary nitrogens is 1. The molecule has 0 fully saturated rings. The molecule has 0 aliphatic rings. The highest BCUT2D eigenvalue weighted by atomic mass is 16.4. The monoisotopic (exact) mass is 259 g/mol. The molecule has 0 bridgehead atoms. The molecular weight excluding hydrogens is 226 g/mol. The van der Waals surface area contributed by atoms with Crippen LogP contribution < -0.4 is 5.11 Å². The van der Waals surface area contributed by atoms with Crippen LogP contribution in [0.5, 0.6) is 0 Å². The van der Waals surface area contributed by atoms with Crippen LogP contribution in [0.3, 0.4) is 0 Å². The number of carbonyl (C=O) groups is 1. The summed E-state index contributed by atoms with van der Waals surface area (Å²) in [7, 11) is 2.39. The zero-order valence-corrected chi connectivity index (χ0v) is 13.1. The third kappa shape index (κ3) is 13.5. The summed E-state index contributed by atoms with van der Waals surface area (Å²) in [6.45, 7) is 12.8. The fraction of sp³-hybridized carbons (Fsp3) is 0.933. The van der Waals surface area contributed by atoms with Crippen molar-refractivity contribution in [1.29, 1.82) is 0 Å². The summed E-state index contributed by atoms with van der Waals surface area (Å²) < 4.78 is 1.28. The van der Waals surface area contributed by atoms with Gasteiger partial charge in [0.1, 0.15) is 0 Å². The van der Waals surface area contributed by atoms with Crippen molar-refractivity contribution in [3.8, 4) is 0 Å². The van der Waals surface area contributed by atoms with E-state index in [1.54, 1.807) is 0 Å². The first-order valence-corrected chi connectivity index (χ1v) is 7.49. The Morgan fingerprint density at radius 3 is 1.44 bits per heavy atom. The molecule has 0 saturated carbocycles. The Morgan fingerprint density at radius 2 is 1.28 bits per heavy atom. The number of nitrogens with zero attached hydrogens (tertiary/aromatic N) is 1. The van der Waals surface area contributed by atoms with Gasteiger partial charge in [-0.15, -0.1) is 0 Å². The molecule has 0 atom stereocenters. The number of hydrogen-bond acceptors (Lipinski definition) is 2. The van der Waals surface area contributed by atoms with Crippen LogP contribution in [-0.2, 0) is 4.79 Å². The Kier molecular flexibility index (Phi) is 14.1. The van der Waals surface area contributed by atoms with Crippen LogP contribution in [0.4, 0.5) is 0 Å². The van der Waals surface area contributed by atoms with Gasteiger partial charge in [-0.25, -0.2) is 0 Å². The normalized spacial score (nSPS) is 10.7. The molecule has 0 radical (unpaired) electrons. The van der Waals surface area contributed by atoms with Gasteiger partial charge in [0.05, 0.1) is 26.7 Å². The fourth-order valence-corrected chi connectivity index (χ4v) is 2.28. The summed E-state index contributed by atoms with van der Waals surface area (Å²) in [5.74, 6) is -0.943. The van der Waals surface area contributed by atoms with Crippen LogP contribution in [0.1, 0.15) is 66.2 Å². The van der Waals surface area contributed by atoms with E-state index in [2.05, 4.69) is 27.8 Å². The summed E-state index contributed by atoms with van der Waals surface area (Å²) in [6, 6.07) is 0. The SMILES string of the molecule is CCCCC(=O)[O-].CCC[N+](C)(CCC)CCC. The van der Waals surface area contributed by atoms with Crippen molar-refractivity contribution in [2.75, 3.05) is 26.7 Å². The lowest BCUT2D eigenvalue weighted by Gasteiger charge is -2.33. The van der Waals surface area contributed by atoms with E-state index >= 15 is 0 Å². The molecule has 0 aromatic carbocycles. The number of carboxylic acids is 1. The van der Waals surface area contributed by atoms with E-state index in [4.69, 9.17) is 0 Å². The summed E-state index contributed by atoms with van der Waals surface area (Å²) in [5, 5.41) is 9.65. The molecule has 0 aliphatic heterocycles. The van der Waals surface area contributed by atoms with E-state index in [9.17, 15) is 9.90 Å². The lowest BCUT2D eigenvalue weighted by atomic mass is 10.2. The minimum Gasteiger partial charge on any atom is -0.550 e. The molecule has 0 amide bonds. The highest BCUT2D eigenvalue weighted by Gasteiger charge is 2.16. The van der Waals surface area contributed by atoms with Crippen LogP contribution in [-0.4, -0.2) is 37.1 Å². The maximum Gasteiger partial charge on any atom is 0.0781 e. The molecule has 18 heavy (non-hydrogen) atoms. The number of rotatable bonds is 9. The Balaban J connectivity index is 0. The Bertz CT molecular complexity index is 176. The van der Waals surface area contributed by atoms with Crippen LogP contribution >= 0.6 is 0 Å². The van der Waals surface area contributed by atoms with E-state index in [0.717, 1.165) is 12.8 Å². The molecule has 0 aromatic heterocycles. The number of aliphatic carboxylic acids is 1. The second-order valence-electron chi connectivity index (χ2n) is 5.27. The van der Waals surface area contributed by atoms with Crippen molar-refractivity contribution in [2.45, 2.75) is 66.2 Å². The number of carboxylic acid groups (broad SMARTS) is 1. The first-order valence-electron chi connectivity index (χ1n) is 7.49. The maximum absolute atomic E-state index is 9.65. The summed E-state index contributed by atoms with van der Waals surface area (Å²) >= 11 is 0. The average molecular weight is 259 g/mol. The van der Waals surface area contributed by atoms with Crippen molar-refractivity contribution >= 4 is 5.97 Å². The largest absolute Gasteiger partial charge is 0.550 e. The number of hydrogen-bond donors (Lipinski definition) is 0. The van der Waals surface area contributed by atoms with Crippen LogP contribution in [0, 0.1) is 0 Å². The molecule has 0 rings (SSSR count). The van der Waals surface area contributed by atoms with E-state index in [-0.39, 0.29) is 6.42 Å². The third-order valence-electron chi connectivity index (χ3n) is 3.02. The van der Waals surface area contributed by atoms with Gasteiger partial charge >= 0.3 is 0 Å². The van der Waals surface area contributed by atoms with Gasteiger partial charge in [0.25, 0.3) is 0 Å². The molecule has 110 valence electrons. The van der Waals surface area contributed by atoms with E-state index in [0.29, 0.717) is 0 Å². The van der Waals surface area contributed by atoms with Gasteiger partial charge in [0, 0.05) is 5.97 Å². The predicted octanol–water partition coefficient (Wildman–Crippen LogP) is 2.59. The highest BCUT2D eigenvalue weighted by Crippen LogP contribution is 2.06. The Morgan fingerprint density at radius 1 is 0.889 bits per heavy atom. The average Bonchev–Trinajstić information content (AvgIpc) is 2.28. The first-order chi connectivity index (χ1) is 8.45. The first kappa shape index (κ1) is 19.8.